The summed E-state index contributed by atoms with van der Waals surface area (Å²) in [6.45, 7) is 0.528. The maximum atomic E-state index is 12.2. The molecule has 6 nitrogen and oxygen atoms in total. The molecule has 0 fully saturated rings. The lowest BCUT2D eigenvalue weighted by molar-refractivity contribution is -0.121. The lowest BCUT2D eigenvalue weighted by Crippen LogP contribution is -2.27. The summed E-state index contributed by atoms with van der Waals surface area (Å²) < 4.78 is 1.60. The van der Waals surface area contributed by atoms with E-state index in [0.29, 0.717) is 22.5 Å². The Labute approximate surface area is 160 Å². The van der Waals surface area contributed by atoms with Crippen LogP contribution in [-0.2, 0) is 23.6 Å². The Hall–Kier alpha value is -2.51. The molecule has 0 aliphatic carbocycles. The average Bonchev–Trinajstić information content (AvgIpc) is 3.00. The topological polar surface area (TPSA) is 85.8 Å². The first-order valence-corrected chi connectivity index (χ1v) is 9.35. The fourth-order valence-electron chi connectivity index (χ4n) is 2.31. The van der Waals surface area contributed by atoms with Gasteiger partial charge in [0.1, 0.15) is 6.54 Å². The number of aromatic nitrogens is 3. The van der Waals surface area contributed by atoms with E-state index in [4.69, 9.17) is 17.3 Å². The number of benzene rings is 2. The second-order valence-electron chi connectivity index (χ2n) is 5.57. The van der Waals surface area contributed by atoms with Crippen LogP contribution >= 0.6 is 23.4 Å². The molecule has 0 atom stereocenters. The summed E-state index contributed by atoms with van der Waals surface area (Å²) in [5.74, 6) is 0.671. The van der Waals surface area contributed by atoms with Gasteiger partial charge in [0.2, 0.25) is 11.9 Å². The molecule has 134 valence electrons. The molecule has 0 unspecified atom stereocenters. The maximum Gasteiger partial charge on any atom is 0.240 e. The highest BCUT2D eigenvalue weighted by molar-refractivity contribution is 7.98. The Morgan fingerprint density at radius 3 is 2.62 bits per heavy atom. The van der Waals surface area contributed by atoms with Gasteiger partial charge in [0.25, 0.3) is 0 Å². The number of nitrogens with zero attached hydrogens (tertiary/aromatic N) is 3. The SMILES string of the molecule is Nc1nnc(SCc2ccccc2Cl)n1CC(=O)NCc1ccccc1. The van der Waals surface area contributed by atoms with Gasteiger partial charge in [-0.05, 0) is 17.2 Å². The van der Waals surface area contributed by atoms with E-state index < -0.39 is 0 Å². The van der Waals surface area contributed by atoms with Crippen molar-refractivity contribution in [2.45, 2.75) is 24.0 Å². The van der Waals surface area contributed by atoms with Crippen LogP contribution in [-0.4, -0.2) is 20.7 Å². The summed E-state index contributed by atoms with van der Waals surface area (Å²) in [4.78, 5) is 12.2. The van der Waals surface area contributed by atoms with Crippen LogP contribution in [0.3, 0.4) is 0 Å². The van der Waals surface area contributed by atoms with Crippen LogP contribution in [0, 0.1) is 0 Å². The number of nitrogens with two attached hydrogens (primary N) is 1. The minimum absolute atomic E-state index is 0.0660. The fraction of sp³-hybridized carbons (Fsp3) is 0.167. The Morgan fingerprint density at radius 2 is 1.85 bits per heavy atom. The maximum absolute atomic E-state index is 12.2. The standard InChI is InChI=1S/C18H18ClN5OS/c19-15-9-5-4-8-14(15)12-26-18-23-22-17(20)24(18)11-16(25)21-10-13-6-2-1-3-7-13/h1-9H,10-12H2,(H2,20,22)(H,21,25). The number of thioether (sulfide) groups is 1. The van der Waals surface area contributed by atoms with E-state index in [1.807, 2.05) is 54.6 Å². The number of amides is 1. The van der Waals surface area contributed by atoms with E-state index in [-0.39, 0.29) is 18.4 Å². The van der Waals surface area contributed by atoms with Gasteiger partial charge in [-0.3, -0.25) is 9.36 Å². The number of hydrogen-bond acceptors (Lipinski definition) is 5. The van der Waals surface area contributed by atoms with E-state index in [1.54, 1.807) is 4.57 Å². The summed E-state index contributed by atoms with van der Waals surface area (Å²) in [5.41, 5.74) is 7.89. The summed E-state index contributed by atoms with van der Waals surface area (Å²) in [7, 11) is 0. The van der Waals surface area contributed by atoms with E-state index in [1.165, 1.54) is 11.8 Å². The molecule has 2 aromatic carbocycles. The molecule has 0 aliphatic heterocycles. The number of nitrogen functional groups attached to an aromatic ring is 1. The number of carbonyl (C=O) groups excluding carboxylic acids is 1. The molecule has 3 N–H and O–H groups in total. The molecule has 0 saturated heterocycles. The molecular weight excluding hydrogens is 370 g/mol. The van der Waals surface area contributed by atoms with Crippen molar-refractivity contribution in [3.63, 3.8) is 0 Å². The molecule has 1 heterocycles. The molecule has 0 spiro atoms. The van der Waals surface area contributed by atoms with Crippen LogP contribution in [0.15, 0.2) is 59.8 Å². The summed E-state index contributed by atoms with van der Waals surface area (Å²) in [6, 6.07) is 17.3. The van der Waals surface area contributed by atoms with Crippen LogP contribution in [0.4, 0.5) is 5.95 Å². The van der Waals surface area contributed by atoms with Crippen molar-refractivity contribution in [3.8, 4) is 0 Å². The predicted molar refractivity (Wildman–Crippen MR) is 104 cm³/mol. The minimum Gasteiger partial charge on any atom is -0.368 e. The highest BCUT2D eigenvalue weighted by Gasteiger charge is 2.14. The zero-order valence-electron chi connectivity index (χ0n) is 13.9. The van der Waals surface area contributed by atoms with Crippen LogP contribution < -0.4 is 11.1 Å². The fourth-order valence-corrected chi connectivity index (χ4v) is 3.54. The minimum atomic E-state index is -0.153. The predicted octanol–water partition coefficient (Wildman–Crippen LogP) is 3.12. The Balaban J connectivity index is 1.60. The molecule has 0 bridgehead atoms. The third-order valence-electron chi connectivity index (χ3n) is 3.69. The molecule has 3 rings (SSSR count). The number of halogens is 1. The van der Waals surface area contributed by atoms with E-state index >= 15 is 0 Å². The first-order chi connectivity index (χ1) is 12.6. The lowest BCUT2D eigenvalue weighted by atomic mass is 10.2. The van der Waals surface area contributed by atoms with Gasteiger partial charge >= 0.3 is 0 Å². The molecule has 1 amide bonds. The van der Waals surface area contributed by atoms with Crippen molar-refractivity contribution in [1.82, 2.24) is 20.1 Å². The molecule has 26 heavy (non-hydrogen) atoms. The number of hydrogen-bond donors (Lipinski definition) is 2. The van der Waals surface area contributed by atoms with Gasteiger partial charge < -0.3 is 11.1 Å². The van der Waals surface area contributed by atoms with Crippen molar-refractivity contribution in [2.24, 2.45) is 0 Å². The van der Waals surface area contributed by atoms with Gasteiger partial charge in [-0.2, -0.15) is 0 Å². The van der Waals surface area contributed by atoms with Gasteiger partial charge in [-0.15, -0.1) is 10.2 Å². The van der Waals surface area contributed by atoms with Gasteiger partial charge in [-0.25, -0.2) is 0 Å². The second kappa shape index (κ2) is 8.73. The highest BCUT2D eigenvalue weighted by atomic mass is 35.5. The normalized spacial score (nSPS) is 10.7. The Bertz CT molecular complexity index is 884. The molecule has 0 aliphatic rings. The molecule has 1 aromatic heterocycles. The van der Waals surface area contributed by atoms with E-state index in [0.717, 1.165) is 11.1 Å². The second-order valence-corrected chi connectivity index (χ2v) is 6.92. The quantitative estimate of drug-likeness (QED) is 0.608. The molecule has 0 saturated carbocycles. The van der Waals surface area contributed by atoms with Gasteiger partial charge in [0.15, 0.2) is 5.16 Å². The number of nitrogens with one attached hydrogen (secondary N) is 1. The summed E-state index contributed by atoms with van der Waals surface area (Å²) in [5, 5.41) is 12.1. The van der Waals surface area contributed by atoms with Gasteiger partial charge in [0, 0.05) is 17.3 Å². The highest BCUT2D eigenvalue weighted by Crippen LogP contribution is 2.26. The third kappa shape index (κ3) is 4.77. The van der Waals surface area contributed by atoms with Crippen molar-refractivity contribution in [3.05, 3.63) is 70.7 Å². The molecular formula is C18H18ClN5OS. The Kier molecular flexibility index (Phi) is 6.14. The average molecular weight is 388 g/mol. The lowest BCUT2D eigenvalue weighted by Gasteiger charge is -2.09. The smallest absolute Gasteiger partial charge is 0.240 e. The van der Waals surface area contributed by atoms with Crippen molar-refractivity contribution >= 4 is 35.2 Å². The largest absolute Gasteiger partial charge is 0.368 e. The molecule has 0 radical (unpaired) electrons. The third-order valence-corrected chi connectivity index (χ3v) is 5.08. The van der Waals surface area contributed by atoms with Gasteiger partial charge in [0.05, 0.1) is 0 Å². The molecule has 8 heteroatoms. The number of anilines is 1. The van der Waals surface area contributed by atoms with E-state index in [9.17, 15) is 4.79 Å². The van der Waals surface area contributed by atoms with Crippen LogP contribution in [0.25, 0.3) is 0 Å². The Morgan fingerprint density at radius 1 is 1.12 bits per heavy atom. The monoisotopic (exact) mass is 387 g/mol. The van der Waals surface area contributed by atoms with Crippen molar-refractivity contribution in [2.75, 3.05) is 5.73 Å². The summed E-state index contributed by atoms with van der Waals surface area (Å²) >= 11 is 7.61. The first-order valence-electron chi connectivity index (χ1n) is 7.99. The van der Waals surface area contributed by atoms with Crippen LogP contribution in [0.2, 0.25) is 5.02 Å². The van der Waals surface area contributed by atoms with Crippen LogP contribution in [0.5, 0.6) is 0 Å². The number of carbonyl (C=O) groups is 1. The van der Waals surface area contributed by atoms with Gasteiger partial charge in [-0.1, -0.05) is 71.9 Å². The van der Waals surface area contributed by atoms with Crippen molar-refractivity contribution < 1.29 is 4.79 Å². The van der Waals surface area contributed by atoms with E-state index in [2.05, 4.69) is 15.5 Å². The summed E-state index contributed by atoms with van der Waals surface area (Å²) in [6.07, 6.45) is 0. The first kappa shape index (κ1) is 18.3. The number of rotatable bonds is 7. The zero-order valence-corrected chi connectivity index (χ0v) is 15.5. The zero-order chi connectivity index (χ0) is 18.4. The van der Waals surface area contributed by atoms with Crippen molar-refractivity contribution in [1.29, 1.82) is 0 Å². The molecule has 3 aromatic rings. The van der Waals surface area contributed by atoms with Crippen LogP contribution in [0.1, 0.15) is 11.1 Å².